The fraction of sp³-hybridized carbons (Fsp3) is 0.300. The second-order valence-corrected chi connectivity index (χ2v) is 11.9. The summed E-state index contributed by atoms with van der Waals surface area (Å²) in [5.74, 6) is 0.654. The third kappa shape index (κ3) is 8.09. The maximum absolute atomic E-state index is 13.2. The molecule has 1 fully saturated rings. The number of thiazole rings is 1. The smallest absolute Gasteiger partial charge is 0.395 e. The van der Waals surface area contributed by atoms with E-state index in [4.69, 9.17) is 11.6 Å². The normalized spacial score (nSPS) is 13.8. The van der Waals surface area contributed by atoms with Gasteiger partial charge in [-0.15, -0.1) is 0 Å². The highest BCUT2D eigenvalue weighted by Crippen LogP contribution is 2.35. The second kappa shape index (κ2) is 14.0. The Kier molecular flexibility index (Phi) is 10.1. The summed E-state index contributed by atoms with van der Waals surface area (Å²) in [6.45, 7) is 7.51. The molecule has 0 spiro atoms. The van der Waals surface area contributed by atoms with Gasteiger partial charge in [-0.3, -0.25) is 14.5 Å². The topological polar surface area (TPSA) is 136 Å². The lowest BCUT2D eigenvalue weighted by atomic mass is 10.1. The summed E-state index contributed by atoms with van der Waals surface area (Å²) in [4.78, 5) is 43.4. The summed E-state index contributed by atoms with van der Waals surface area (Å²) in [6, 6.07) is 9.48. The number of halogens is 4. The number of nitrogens with one attached hydrogen (secondary N) is 3. The molecule has 0 radical (unpaired) electrons. The van der Waals surface area contributed by atoms with E-state index in [0.717, 1.165) is 49.4 Å². The number of benzene rings is 2. The summed E-state index contributed by atoms with van der Waals surface area (Å²) >= 11 is 6.78. The zero-order valence-electron chi connectivity index (χ0n) is 24.8. The summed E-state index contributed by atoms with van der Waals surface area (Å²) in [6.07, 6.45) is -3.19. The molecule has 16 heteroatoms. The molecular formula is C30H30ClF3N8O3S. The van der Waals surface area contributed by atoms with Gasteiger partial charge in [0.1, 0.15) is 22.5 Å². The maximum atomic E-state index is 13.2. The SMILES string of the molecule is Cc1nc(Nc2cnc(C(=O)Nc3cc(NC(=O)c4ccc(Cl)c(C(F)(F)F)c4)ccc3C)s2)cc(N2CCN(CCO)CC2)n1. The second-order valence-electron chi connectivity index (χ2n) is 10.5. The van der Waals surface area contributed by atoms with Gasteiger partial charge in [0.2, 0.25) is 0 Å². The first kappa shape index (κ1) is 33.1. The third-order valence-electron chi connectivity index (χ3n) is 7.17. The largest absolute Gasteiger partial charge is 0.417 e. The van der Waals surface area contributed by atoms with E-state index in [1.165, 1.54) is 18.3 Å². The summed E-state index contributed by atoms with van der Waals surface area (Å²) < 4.78 is 39.7. The Bertz CT molecular complexity index is 1740. The minimum Gasteiger partial charge on any atom is -0.395 e. The number of alkyl halides is 3. The van der Waals surface area contributed by atoms with Crippen molar-refractivity contribution < 1.29 is 27.9 Å². The standard InChI is InChI=1S/C30H30ClF3N8O3S/c1-17-3-5-20(38-27(44)19-4-6-22(31)21(13-19)30(32,33)34)14-23(17)39-28(45)29-35-16-26(46-29)40-24-15-25(37-18(2)36-24)42-9-7-41(8-10-42)11-12-43/h3-6,13-16,43H,7-12H2,1-2H3,(H,38,44)(H,39,45)(H,36,37,40). The Labute approximate surface area is 271 Å². The van der Waals surface area contributed by atoms with Crippen LogP contribution in [0, 0.1) is 13.8 Å². The van der Waals surface area contributed by atoms with Crippen molar-refractivity contribution in [3.05, 3.63) is 81.2 Å². The molecule has 242 valence electrons. The maximum Gasteiger partial charge on any atom is 0.417 e. The van der Waals surface area contributed by atoms with Crippen LogP contribution in [0.5, 0.6) is 0 Å². The molecule has 5 rings (SSSR count). The Balaban J connectivity index is 1.23. The average Bonchev–Trinajstić information content (AvgIpc) is 3.47. The molecule has 2 amide bonds. The van der Waals surface area contributed by atoms with Crippen molar-refractivity contribution in [1.29, 1.82) is 0 Å². The lowest BCUT2D eigenvalue weighted by molar-refractivity contribution is -0.137. The van der Waals surface area contributed by atoms with Gasteiger partial charge in [-0.25, -0.2) is 15.0 Å². The van der Waals surface area contributed by atoms with Crippen molar-refractivity contribution in [2.75, 3.05) is 60.2 Å². The quantitative estimate of drug-likeness (QED) is 0.179. The molecule has 4 N–H and O–H groups in total. The van der Waals surface area contributed by atoms with Gasteiger partial charge in [-0.1, -0.05) is 29.0 Å². The monoisotopic (exact) mass is 674 g/mol. The molecule has 0 saturated carbocycles. The van der Waals surface area contributed by atoms with Gasteiger partial charge in [0.05, 0.1) is 23.4 Å². The van der Waals surface area contributed by atoms with Gasteiger partial charge in [-0.05, 0) is 49.7 Å². The number of nitrogens with zero attached hydrogens (tertiary/aromatic N) is 5. The fourth-order valence-corrected chi connectivity index (χ4v) is 5.72. The fourth-order valence-electron chi connectivity index (χ4n) is 4.78. The van der Waals surface area contributed by atoms with Crippen LogP contribution in [0.15, 0.2) is 48.7 Å². The Hall–Kier alpha value is -4.31. The van der Waals surface area contributed by atoms with Crippen LogP contribution in [-0.2, 0) is 6.18 Å². The van der Waals surface area contributed by atoms with Crippen molar-refractivity contribution in [2.45, 2.75) is 20.0 Å². The van der Waals surface area contributed by atoms with Crippen LogP contribution < -0.4 is 20.9 Å². The van der Waals surface area contributed by atoms with Crippen molar-refractivity contribution in [3.63, 3.8) is 0 Å². The van der Waals surface area contributed by atoms with Crippen LogP contribution in [0.1, 0.15) is 37.1 Å². The molecule has 0 atom stereocenters. The van der Waals surface area contributed by atoms with Crippen molar-refractivity contribution in [2.24, 2.45) is 0 Å². The summed E-state index contributed by atoms with van der Waals surface area (Å²) in [7, 11) is 0. The number of hydrogen-bond acceptors (Lipinski definition) is 10. The number of rotatable bonds is 9. The van der Waals surface area contributed by atoms with Crippen LogP contribution in [0.25, 0.3) is 0 Å². The highest BCUT2D eigenvalue weighted by atomic mass is 35.5. The molecule has 0 unspecified atom stereocenters. The number of piperazine rings is 1. The van der Waals surface area contributed by atoms with Crippen LogP contribution >= 0.6 is 22.9 Å². The van der Waals surface area contributed by atoms with E-state index in [-0.39, 0.29) is 22.9 Å². The first-order valence-corrected chi connectivity index (χ1v) is 15.4. The van der Waals surface area contributed by atoms with Crippen molar-refractivity contribution in [3.8, 4) is 0 Å². The number of anilines is 5. The Morgan fingerprint density at radius 1 is 1.00 bits per heavy atom. The van der Waals surface area contributed by atoms with Gasteiger partial charge in [0.25, 0.3) is 11.8 Å². The minimum atomic E-state index is -4.71. The number of carbonyl (C=O) groups is 2. The van der Waals surface area contributed by atoms with Gasteiger partial charge in [0.15, 0.2) is 5.01 Å². The first-order chi connectivity index (χ1) is 21.9. The average molecular weight is 675 g/mol. The van der Waals surface area contributed by atoms with Gasteiger partial charge in [0, 0.05) is 55.7 Å². The molecule has 1 saturated heterocycles. The van der Waals surface area contributed by atoms with Crippen molar-refractivity contribution in [1.82, 2.24) is 19.9 Å². The molecule has 11 nitrogen and oxygen atoms in total. The molecule has 4 aromatic rings. The molecule has 0 aliphatic carbocycles. The van der Waals surface area contributed by atoms with E-state index in [9.17, 15) is 27.9 Å². The zero-order chi connectivity index (χ0) is 33.0. The Morgan fingerprint density at radius 2 is 1.76 bits per heavy atom. The predicted octanol–water partition coefficient (Wildman–Crippen LogP) is 5.58. The number of aliphatic hydroxyl groups excluding tert-OH is 1. The number of aromatic nitrogens is 3. The van der Waals surface area contributed by atoms with E-state index in [0.29, 0.717) is 40.5 Å². The Morgan fingerprint density at radius 3 is 2.48 bits per heavy atom. The molecule has 3 heterocycles. The van der Waals surface area contributed by atoms with Crippen LogP contribution in [-0.4, -0.2) is 76.1 Å². The highest BCUT2D eigenvalue weighted by molar-refractivity contribution is 7.17. The van der Waals surface area contributed by atoms with Crippen LogP contribution in [0.2, 0.25) is 5.02 Å². The lowest BCUT2D eigenvalue weighted by Crippen LogP contribution is -2.47. The molecule has 2 aromatic heterocycles. The third-order valence-corrected chi connectivity index (χ3v) is 8.41. The van der Waals surface area contributed by atoms with E-state index < -0.39 is 28.6 Å². The zero-order valence-corrected chi connectivity index (χ0v) is 26.4. The molecule has 0 bridgehead atoms. The number of hydrogen-bond donors (Lipinski definition) is 4. The van der Waals surface area contributed by atoms with Crippen LogP contribution in [0.4, 0.5) is 41.2 Å². The number of amides is 2. The summed E-state index contributed by atoms with van der Waals surface area (Å²) in [5, 5.41) is 18.0. The van der Waals surface area contributed by atoms with E-state index in [1.54, 1.807) is 26.0 Å². The van der Waals surface area contributed by atoms with Crippen molar-refractivity contribution >= 4 is 62.8 Å². The lowest BCUT2D eigenvalue weighted by Gasteiger charge is -2.35. The summed E-state index contributed by atoms with van der Waals surface area (Å²) in [5.41, 5.74) is 0.000594. The molecule has 46 heavy (non-hydrogen) atoms. The molecule has 2 aromatic carbocycles. The van der Waals surface area contributed by atoms with E-state index in [1.807, 2.05) is 6.07 Å². The van der Waals surface area contributed by atoms with Gasteiger partial charge in [-0.2, -0.15) is 13.2 Å². The predicted molar refractivity (Wildman–Crippen MR) is 171 cm³/mol. The van der Waals surface area contributed by atoms with E-state index >= 15 is 0 Å². The minimum absolute atomic E-state index is 0.127. The number of aliphatic hydroxyl groups is 1. The molecule has 1 aliphatic heterocycles. The molecule has 1 aliphatic rings. The molecular weight excluding hydrogens is 645 g/mol. The highest BCUT2D eigenvalue weighted by Gasteiger charge is 2.34. The van der Waals surface area contributed by atoms with E-state index in [2.05, 4.69) is 40.7 Å². The van der Waals surface area contributed by atoms with Gasteiger partial charge < -0.3 is 26.0 Å². The number of β-amino-alcohol motifs (C(OH)–C–C–N with tert-alkyl or cyclic N) is 1. The van der Waals surface area contributed by atoms with Crippen LogP contribution in [0.3, 0.4) is 0 Å². The number of carbonyl (C=O) groups excluding carboxylic acids is 2. The number of aryl methyl sites for hydroxylation is 2. The van der Waals surface area contributed by atoms with Gasteiger partial charge >= 0.3 is 6.18 Å². The first-order valence-electron chi connectivity index (χ1n) is 14.2.